The van der Waals surface area contributed by atoms with Crippen LogP contribution < -0.4 is 15.2 Å². The lowest BCUT2D eigenvalue weighted by Gasteiger charge is -2.21. The molecule has 0 unspecified atom stereocenters. The highest BCUT2D eigenvalue weighted by Gasteiger charge is 2.28. The fraction of sp³-hybridized carbons (Fsp3) is 0.379. The molecule has 1 atom stereocenters. The van der Waals surface area contributed by atoms with Crippen molar-refractivity contribution in [2.45, 2.75) is 58.1 Å². The topological polar surface area (TPSA) is 73.1 Å². The Morgan fingerprint density at radius 1 is 1.05 bits per heavy atom. The summed E-state index contributed by atoms with van der Waals surface area (Å²) in [7, 11) is 0. The van der Waals surface area contributed by atoms with Crippen LogP contribution in [0.3, 0.4) is 0 Å². The van der Waals surface area contributed by atoms with Gasteiger partial charge in [0.05, 0.1) is 11.9 Å². The Morgan fingerprint density at radius 3 is 2.68 bits per heavy atom. The van der Waals surface area contributed by atoms with Gasteiger partial charge in [0.15, 0.2) is 0 Å². The molecule has 4 aromatic rings. The lowest BCUT2D eigenvalue weighted by atomic mass is 9.91. The van der Waals surface area contributed by atoms with Crippen LogP contribution in [0.15, 0.2) is 47.4 Å². The molecule has 1 saturated heterocycles. The Bertz CT molecular complexity index is 1610. The van der Waals surface area contributed by atoms with Crippen LogP contribution in [0.2, 0.25) is 0 Å². The van der Waals surface area contributed by atoms with Crippen molar-refractivity contribution in [3.63, 3.8) is 0 Å². The largest absolute Gasteiger partial charge is 0.488 e. The molecule has 0 spiro atoms. The maximum atomic E-state index is 14.9. The highest BCUT2D eigenvalue weighted by atomic mass is 19.1. The molecule has 2 aliphatic heterocycles. The van der Waals surface area contributed by atoms with Gasteiger partial charge in [-0.25, -0.2) is 18.7 Å². The van der Waals surface area contributed by atoms with Crippen LogP contribution in [0.4, 0.5) is 14.6 Å². The van der Waals surface area contributed by atoms with Gasteiger partial charge in [0.2, 0.25) is 0 Å². The van der Waals surface area contributed by atoms with Crippen LogP contribution in [0.5, 0.6) is 5.75 Å². The Balaban J connectivity index is 1.37. The number of hydrogen-bond acceptors (Lipinski definition) is 6. The second kappa shape index (κ2) is 9.15. The molecule has 9 heteroatoms. The standard InChI is InChI=1S/C29H29F2N5O2/c1-29(2,3)23-14-18(8-10-32-23)38-19-9-12-35(16-19)25-15-21-27(33-24-5-4-11-36(24)28(21)37)26(34-25)20-7-6-17(30)13-22(20)31/h6-8,10,13-15,19H,4-5,9,11-12,16H2,1-3H3/t19-/m1/s1. The van der Waals surface area contributed by atoms with E-state index in [-0.39, 0.29) is 28.3 Å². The second-order valence-corrected chi connectivity index (χ2v) is 11.0. The highest BCUT2D eigenvalue weighted by Crippen LogP contribution is 2.33. The van der Waals surface area contributed by atoms with E-state index >= 15 is 0 Å². The first-order valence-corrected chi connectivity index (χ1v) is 13.0. The minimum Gasteiger partial charge on any atom is -0.488 e. The van der Waals surface area contributed by atoms with Gasteiger partial charge < -0.3 is 9.64 Å². The van der Waals surface area contributed by atoms with Crippen molar-refractivity contribution in [2.24, 2.45) is 0 Å². The van der Waals surface area contributed by atoms with Crippen LogP contribution in [-0.2, 0) is 18.4 Å². The predicted molar refractivity (Wildman–Crippen MR) is 142 cm³/mol. The first-order valence-electron chi connectivity index (χ1n) is 13.0. The van der Waals surface area contributed by atoms with E-state index in [0.717, 1.165) is 30.4 Å². The molecule has 0 N–H and O–H groups in total. The fourth-order valence-electron chi connectivity index (χ4n) is 5.22. The monoisotopic (exact) mass is 517 g/mol. The van der Waals surface area contributed by atoms with Crippen LogP contribution in [0.25, 0.3) is 22.2 Å². The first-order chi connectivity index (χ1) is 18.2. The zero-order valence-electron chi connectivity index (χ0n) is 21.7. The van der Waals surface area contributed by atoms with Crippen LogP contribution in [-0.4, -0.2) is 38.7 Å². The Labute approximate surface area is 219 Å². The molecule has 196 valence electrons. The molecule has 0 amide bonds. The van der Waals surface area contributed by atoms with Gasteiger partial charge in [-0.3, -0.25) is 14.3 Å². The van der Waals surface area contributed by atoms with Gasteiger partial charge in [0.25, 0.3) is 5.56 Å². The minimum absolute atomic E-state index is 0.0898. The smallest absolute Gasteiger partial charge is 0.261 e. The number of aryl methyl sites for hydroxylation is 1. The molecule has 38 heavy (non-hydrogen) atoms. The number of anilines is 1. The summed E-state index contributed by atoms with van der Waals surface area (Å²) in [5.74, 6) is 0.557. The van der Waals surface area contributed by atoms with Gasteiger partial charge in [-0.2, -0.15) is 0 Å². The average molecular weight is 518 g/mol. The van der Waals surface area contributed by atoms with Gasteiger partial charge in [0, 0.05) is 60.9 Å². The number of nitrogens with zero attached hydrogens (tertiary/aromatic N) is 5. The van der Waals surface area contributed by atoms with Crippen LogP contribution in [0, 0.1) is 11.6 Å². The third-order valence-electron chi connectivity index (χ3n) is 7.25. The molecule has 3 aromatic heterocycles. The van der Waals surface area contributed by atoms with Crippen molar-refractivity contribution in [2.75, 3.05) is 18.0 Å². The van der Waals surface area contributed by atoms with E-state index in [9.17, 15) is 13.6 Å². The molecule has 7 nitrogen and oxygen atoms in total. The Morgan fingerprint density at radius 2 is 1.89 bits per heavy atom. The van der Waals surface area contributed by atoms with Gasteiger partial charge >= 0.3 is 0 Å². The molecule has 2 aliphatic rings. The van der Waals surface area contributed by atoms with Gasteiger partial charge in [-0.1, -0.05) is 20.8 Å². The Kier molecular flexibility index (Phi) is 5.89. The molecule has 0 saturated carbocycles. The van der Waals surface area contributed by atoms with E-state index in [1.165, 1.54) is 12.1 Å². The predicted octanol–water partition coefficient (Wildman–Crippen LogP) is 5.03. The number of hydrogen-bond donors (Lipinski definition) is 0. The number of ether oxygens (including phenoxy) is 1. The van der Waals surface area contributed by atoms with E-state index in [1.807, 2.05) is 17.0 Å². The minimum atomic E-state index is -0.742. The fourth-order valence-corrected chi connectivity index (χ4v) is 5.22. The molecular formula is C29H29F2N5O2. The summed E-state index contributed by atoms with van der Waals surface area (Å²) in [6, 6.07) is 8.95. The maximum absolute atomic E-state index is 14.9. The molecular weight excluding hydrogens is 488 g/mol. The normalized spacial score (nSPS) is 17.3. The van der Waals surface area contributed by atoms with Crippen molar-refractivity contribution in [1.82, 2.24) is 19.5 Å². The molecule has 0 radical (unpaired) electrons. The number of pyridine rings is 2. The number of fused-ring (bicyclic) bond motifs is 2. The van der Waals surface area contributed by atoms with Crippen molar-refractivity contribution in [3.8, 4) is 17.0 Å². The molecule has 0 bridgehead atoms. The second-order valence-electron chi connectivity index (χ2n) is 11.0. The third-order valence-corrected chi connectivity index (χ3v) is 7.25. The van der Waals surface area contributed by atoms with Crippen molar-refractivity contribution < 1.29 is 13.5 Å². The number of halogens is 2. The molecule has 6 rings (SSSR count). The zero-order valence-corrected chi connectivity index (χ0v) is 21.7. The van der Waals surface area contributed by atoms with Crippen molar-refractivity contribution in [1.29, 1.82) is 0 Å². The van der Waals surface area contributed by atoms with E-state index in [0.29, 0.717) is 48.6 Å². The lowest BCUT2D eigenvalue weighted by molar-refractivity contribution is 0.224. The summed E-state index contributed by atoms with van der Waals surface area (Å²) in [6.45, 7) is 8.14. The molecule has 0 aliphatic carbocycles. The van der Waals surface area contributed by atoms with Gasteiger partial charge in [-0.05, 0) is 30.7 Å². The maximum Gasteiger partial charge on any atom is 0.261 e. The SMILES string of the molecule is CC(C)(C)c1cc(O[C@@H]2CCN(c3cc4c(=O)n5c(nc4c(-c4ccc(F)cc4F)n3)CCC5)C2)ccn1. The quantitative estimate of drug-likeness (QED) is 0.378. The summed E-state index contributed by atoms with van der Waals surface area (Å²) in [6.07, 6.45) is 3.93. The van der Waals surface area contributed by atoms with Gasteiger partial charge in [0.1, 0.15) is 46.3 Å². The number of benzene rings is 1. The summed E-state index contributed by atoms with van der Waals surface area (Å²) < 4.78 is 36.6. The van der Waals surface area contributed by atoms with Crippen LogP contribution in [0.1, 0.15) is 45.1 Å². The Hall–Kier alpha value is -3.88. The summed E-state index contributed by atoms with van der Waals surface area (Å²) in [5, 5.41) is 0.382. The summed E-state index contributed by atoms with van der Waals surface area (Å²) in [4.78, 5) is 29.4. The molecule has 1 fully saturated rings. The van der Waals surface area contributed by atoms with Crippen molar-refractivity contribution >= 4 is 16.7 Å². The summed E-state index contributed by atoms with van der Waals surface area (Å²) in [5.41, 5.74) is 1.41. The van der Waals surface area contributed by atoms with E-state index < -0.39 is 11.6 Å². The average Bonchev–Trinajstić information content (AvgIpc) is 3.54. The summed E-state index contributed by atoms with van der Waals surface area (Å²) >= 11 is 0. The first kappa shape index (κ1) is 24.5. The van der Waals surface area contributed by atoms with E-state index in [1.54, 1.807) is 16.8 Å². The van der Waals surface area contributed by atoms with E-state index in [4.69, 9.17) is 14.7 Å². The van der Waals surface area contributed by atoms with Crippen LogP contribution >= 0.6 is 0 Å². The number of rotatable bonds is 4. The molecule has 1 aromatic carbocycles. The zero-order chi connectivity index (χ0) is 26.6. The number of aromatic nitrogens is 4. The highest BCUT2D eigenvalue weighted by molar-refractivity contribution is 5.93. The van der Waals surface area contributed by atoms with Crippen molar-refractivity contribution in [3.05, 3.63) is 76.1 Å². The van der Waals surface area contributed by atoms with E-state index in [2.05, 4.69) is 25.8 Å². The van der Waals surface area contributed by atoms with Gasteiger partial charge in [-0.15, -0.1) is 0 Å². The molecule has 5 heterocycles. The lowest BCUT2D eigenvalue weighted by Crippen LogP contribution is -2.27. The third kappa shape index (κ3) is 4.40.